The first-order chi connectivity index (χ1) is 10.5. The number of nitrogens with one attached hydrogen (secondary N) is 1. The van der Waals surface area contributed by atoms with Crippen molar-refractivity contribution < 1.29 is 14.7 Å². The van der Waals surface area contributed by atoms with Crippen molar-refractivity contribution in [3.8, 4) is 0 Å². The number of rotatable bonds is 3. The minimum Gasteiger partial charge on any atom is -0.481 e. The Labute approximate surface area is 132 Å². The number of hydrogen-bond donors (Lipinski definition) is 2. The number of nitrogens with zero attached hydrogens (tertiary/aromatic N) is 2. The van der Waals surface area contributed by atoms with Crippen LogP contribution in [0.2, 0.25) is 0 Å². The molecule has 0 unspecified atom stereocenters. The molecule has 0 saturated heterocycles. The number of aromatic nitrogens is 2. The van der Waals surface area contributed by atoms with Gasteiger partial charge < -0.3 is 10.4 Å². The van der Waals surface area contributed by atoms with Gasteiger partial charge in [0, 0.05) is 18.5 Å². The third-order valence-corrected chi connectivity index (χ3v) is 5.53. The van der Waals surface area contributed by atoms with Crippen LogP contribution in [0.15, 0.2) is 6.07 Å². The smallest absolute Gasteiger partial charge is 0.306 e. The van der Waals surface area contributed by atoms with Crippen molar-refractivity contribution in [3.05, 3.63) is 16.6 Å². The van der Waals surface area contributed by atoms with E-state index in [1.165, 1.54) is 11.3 Å². The first kappa shape index (κ1) is 15.0. The minimum absolute atomic E-state index is 0.0700. The maximum Gasteiger partial charge on any atom is 0.306 e. The Hall–Kier alpha value is -1.89. The molecule has 2 aromatic rings. The molecule has 1 amide bonds. The summed E-state index contributed by atoms with van der Waals surface area (Å²) >= 11 is 1.44. The summed E-state index contributed by atoms with van der Waals surface area (Å²) in [5, 5.41) is 17.4. The molecule has 2 N–H and O–H groups in total. The van der Waals surface area contributed by atoms with Crippen molar-refractivity contribution in [2.75, 3.05) is 0 Å². The monoisotopic (exact) mass is 321 g/mol. The molecule has 2 heterocycles. The number of fused-ring (bicyclic) bond motifs is 1. The molecule has 0 aromatic carbocycles. The number of amides is 1. The largest absolute Gasteiger partial charge is 0.481 e. The van der Waals surface area contributed by atoms with E-state index in [0.717, 1.165) is 28.8 Å². The lowest BCUT2D eigenvalue weighted by Gasteiger charge is -2.26. The van der Waals surface area contributed by atoms with Crippen LogP contribution in [0.1, 0.15) is 41.0 Å². The van der Waals surface area contributed by atoms with Crippen LogP contribution in [-0.4, -0.2) is 32.8 Å². The average molecular weight is 321 g/mol. The lowest BCUT2D eigenvalue weighted by atomic mass is 9.86. The Kier molecular flexibility index (Phi) is 3.90. The summed E-state index contributed by atoms with van der Waals surface area (Å²) in [5.74, 6) is -1.05. The Morgan fingerprint density at radius 1 is 1.36 bits per heavy atom. The number of aliphatic carboxylic acids is 1. The van der Waals surface area contributed by atoms with Gasteiger partial charge >= 0.3 is 5.97 Å². The van der Waals surface area contributed by atoms with Crippen molar-refractivity contribution in [2.24, 2.45) is 13.0 Å². The zero-order valence-corrected chi connectivity index (χ0v) is 13.4. The van der Waals surface area contributed by atoms with E-state index in [9.17, 15) is 9.59 Å². The Balaban J connectivity index is 1.66. The quantitative estimate of drug-likeness (QED) is 0.908. The number of carboxylic acids is 1. The van der Waals surface area contributed by atoms with Crippen LogP contribution < -0.4 is 5.32 Å². The fraction of sp³-hybridized carbons (Fsp3) is 0.533. The number of hydrogen-bond acceptors (Lipinski definition) is 4. The topological polar surface area (TPSA) is 84.2 Å². The number of aryl methyl sites for hydroxylation is 2. The average Bonchev–Trinajstić information content (AvgIpc) is 3.02. The highest BCUT2D eigenvalue weighted by molar-refractivity contribution is 7.20. The van der Waals surface area contributed by atoms with Crippen molar-refractivity contribution in [3.63, 3.8) is 0 Å². The van der Waals surface area contributed by atoms with Crippen LogP contribution in [-0.2, 0) is 11.8 Å². The van der Waals surface area contributed by atoms with Crippen LogP contribution in [0, 0.1) is 12.8 Å². The second kappa shape index (κ2) is 5.72. The first-order valence-electron chi connectivity index (χ1n) is 7.42. The van der Waals surface area contributed by atoms with Crippen molar-refractivity contribution in [1.82, 2.24) is 15.1 Å². The van der Waals surface area contributed by atoms with E-state index < -0.39 is 5.97 Å². The fourth-order valence-electron chi connectivity index (χ4n) is 3.06. The van der Waals surface area contributed by atoms with Gasteiger partial charge in [0.1, 0.15) is 4.83 Å². The van der Waals surface area contributed by atoms with E-state index in [4.69, 9.17) is 5.11 Å². The molecular weight excluding hydrogens is 302 g/mol. The van der Waals surface area contributed by atoms with Gasteiger partial charge in [0.2, 0.25) is 0 Å². The van der Waals surface area contributed by atoms with E-state index in [-0.39, 0.29) is 17.9 Å². The second-order valence-electron chi connectivity index (χ2n) is 5.90. The Bertz CT molecular complexity index is 691. The van der Waals surface area contributed by atoms with Crippen molar-refractivity contribution >= 4 is 33.4 Å². The second-order valence-corrected chi connectivity index (χ2v) is 6.93. The molecule has 3 rings (SSSR count). The predicted octanol–water partition coefficient (Wildman–Crippen LogP) is 2.32. The summed E-state index contributed by atoms with van der Waals surface area (Å²) in [6, 6.07) is 1.97. The summed E-state index contributed by atoms with van der Waals surface area (Å²) in [6.45, 7) is 1.93. The molecule has 1 aliphatic rings. The molecule has 0 radical (unpaired) electrons. The number of thiophene rings is 1. The summed E-state index contributed by atoms with van der Waals surface area (Å²) in [4.78, 5) is 25.0. The third-order valence-electron chi connectivity index (χ3n) is 4.33. The molecule has 118 valence electrons. The standard InChI is InChI=1S/C15H19N3O3S/c1-8-11-7-12(22-14(11)18(2)17-8)13(19)16-10-5-3-9(4-6-10)15(20)21/h7,9-10H,3-6H2,1-2H3,(H,16,19)(H,20,21). The summed E-state index contributed by atoms with van der Waals surface area (Å²) in [6.07, 6.45) is 2.73. The molecule has 0 spiro atoms. The Morgan fingerprint density at radius 2 is 2.05 bits per heavy atom. The van der Waals surface area contributed by atoms with Gasteiger partial charge in [-0.1, -0.05) is 0 Å². The number of carbonyl (C=O) groups is 2. The van der Waals surface area contributed by atoms with Crippen molar-refractivity contribution in [1.29, 1.82) is 0 Å². The molecule has 0 aliphatic heterocycles. The Morgan fingerprint density at radius 3 is 2.64 bits per heavy atom. The van der Waals surface area contributed by atoms with Gasteiger partial charge in [0.25, 0.3) is 5.91 Å². The molecule has 1 aliphatic carbocycles. The minimum atomic E-state index is -0.725. The van der Waals surface area contributed by atoms with Gasteiger partial charge in [-0.05, 0) is 38.7 Å². The first-order valence-corrected chi connectivity index (χ1v) is 8.24. The van der Waals surface area contributed by atoms with E-state index in [2.05, 4.69) is 10.4 Å². The maximum atomic E-state index is 12.4. The molecule has 1 fully saturated rings. The molecule has 1 saturated carbocycles. The zero-order chi connectivity index (χ0) is 15.9. The summed E-state index contributed by atoms with van der Waals surface area (Å²) < 4.78 is 1.80. The fourth-order valence-corrected chi connectivity index (χ4v) is 4.08. The lowest BCUT2D eigenvalue weighted by Crippen LogP contribution is -2.38. The van der Waals surface area contributed by atoms with Gasteiger partial charge in [-0.15, -0.1) is 11.3 Å². The van der Waals surface area contributed by atoms with E-state index >= 15 is 0 Å². The van der Waals surface area contributed by atoms with Gasteiger partial charge in [-0.25, -0.2) is 0 Å². The zero-order valence-electron chi connectivity index (χ0n) is 12.6. The van der Waals surface area contributed by atoms with E-state index in [1.54, 1.807) is 4.68 Å². The molecule has 6 nitrogen and oxygen atoms in total. The van der Waals surface area contributed by atoms with Gasteiger partial charge in [0.15, 0.2) is 0 Å². The molecule has 0 bridgehead atoms. The molecule has 2 aromatic heterocycles. The molecule has 7 heteroatoms. The highest BCUT2D eigenvalue weighted by Gasteiger charge is 2.27. The van der Waals surface area contributed by atoms with Crippen LogP contribution >= 0.6 is 11.3 Å². The number of carbonyl (C=O) groups excluding carboxylic acids is 1. The van der Waals surface area contributed by atoms with Crippen LogP contribution in [0.25, 0.3) is 10.2 Å². The third kappa shape index (κ3) is 2.72. The molecule has 0 atom stereocenters. The number of carboxylic acid groups (broad SMARTS) is 1. The highest BCUT2D eigenvalue weighted by Crippen LogP contribution is 2.29. The van der Waals surface area contributed by atoms with Gasteiger partial charge in [0.05, 0.1) is 16.5 Å². The van der Waals surface area contributed by atoms with Gasteiger partial charge in [-0.2, -0.15) is 5.10 Å². The maximum absolute atomic E-state index is 12.4. The summed E-state index contributed by atoms with van der Waals surface area (Å²) in [5.41, 5.74) is 0.926. The van der Waals surface area contributed by atoms with Crippen LogP contribution in [0.3, 0.4) is 0 Å². The molecular formula is C15H19N3O3S. The van der Waals surface area contributed by atoms with Crippen LogP contribution in [0.4, 0.5) is 0 Å². The van der Waals surface area contributed by atoms with E-state index in [1.807, 2.05) is 20.0 Å². The van der Waals surface area contributed by atoms with Crippen LogP contribution in [0.5, 0.6) is 0 Å². The summed E-state index contributed by atoms with van der Waals surface area (Å²) in [7, 11) is 1.88. The molecule has 22 heavy (non-hydrogen) atoms. The van der Waals surface area contributed by atoms with Gasteiger partial charge in [-0.3, -0.25) is 14.3 Å². The highest BCUT2D eigenvalue weighted by atomic mass is 32.1. The normalized spacial score (nSPS) is 21.9. The van der Waals surface area contributed by atoms with Crippen molar-refractivity contribution in [2.45, 2.75) is 38.6 Å². The lowest BCUT2D eigenvalue weighted by molar-refractivity contribution is -0.142. The van der Waals surface area contributed by atoms with E-state index in [0.29, 0.717) is 17.7 Å². The predicted molar refractivity (Wildman–Crippen MR) is 84.2 cm³/mol. The SMILES string of the molecule is Cc1nn(C)c2sc(C(=O)NC3CCC(C(=O)O)CC3)cc12.